The monoisotopic (exact) mass is 299 g/mol. The van der Waals surface area contributed by atoms with E-state index in [1.165, 1.54) is 0 Å². The average molecular weight is 299 g/mol. The highest BCUT2D eigenvalue weighted by Crippen LogP contribution is 2.16. The molecule has 6 nitrogen and oxygen atoms in total. The Labute approximate surface area is 128 Å². The summed E-state index contributed by atoms with van der Waals surface area (Å²) in [6, 6.07) is 12.9. The van der Waals surface area contributed by atoms with Crippen LogP contribution in [-0.4, -0.2) is 46.8 Å². The second-order valence-electron chi connectivity index (χ2n) is 5.03. The van der Waals surface area contributed by atoms with Crippen LogP contribution in [-0.2, 0) is 4.79 Å². The summed E-state index contributed by atoms with van der Waals surface area (Å²) in [7, 11) is 0. The first-order chi connectivity index (χ1) is 10.8. The Morgan fingerprint density at radius 1 is 1.23 bits per heavy atom. The Morgan fingerprint density at radius 2 is 2.09 bits per heavy atom. The second kappa shape index (κ2) is 6.89. The summed E-state index contributed by atoms with van der Waals surface area (Å²) in [6.45, 7) is 1.26. The summed E-state index contributed by atoms with van der Waals surface area (Å²) in [6.07, 6.45) is 2.34. The van der Waals surface area contributed by atoms with Crippen LogP contribution in [0, 0.1) is 0 Å². The van der Waals surface area contributed by atoms with Crippen LogP contribution in [0.1, 0.15) is 6.42 Å². The van der Waals surface area contributed by atoms with Gasteiger partial charge in [0.2, 0.25) is 5.88 Å². The number of nitrogens with zero attached hydrogens (tertiary/aromatic N) is 3. The van der Waals surface area contributed by atoms with Crippen molar-refractivity contribution in [3.63, 3.8) is 0 Å². The number of para-hydroxylation sites is 1. The van der Waals surface area contributed by atoms with Gasteiger partial charge in [-0.05, 0) is 18.2 Å². The third-order valence-corrected chi connectivity index (χ3v) is 3.44. The van der Waals surface area contributed by atoms with Crippen LogP contribution in [0.3, 0.4) is 0 Å². The fourth-order valence-corrected chi connectivity index (χ4v) is 2.33. The Kier molecular flexibility index (Phi) is 4.48. The molecule has 1 atom stereocenters. The number of amides is 1. The summed E-state index contributed by atoms with van der Waals surface area (Å²) < 4.78 is 11.2. The number of carbonyl (C=O) groups excluding carboxylic acids is 1. The van der Waals surface area contributed by atoms with Gasteiger partial charge in [-0.3, -0.25) is 4.79 Å². The molecule has 1 saturated heterocycles. The Morgan fingerprint density at radius 3 is 2.86 bits per heavy atom. The molecular formula is C16H17N3O3. The lowest BCUT2D eigenvalue weighted by atomic mass is 10.3. The van der Waals surface area contributed by atoms with Gasteiger partial charge in [0.1, 0.15) is 11.9 Å². The zero-order valence-electron chi connectivity index (χ0n) is 12.1. The van der Waals surface area contributed by atoms with Crippen LogP contribution >= 0.6 is 0 Å². The SMILES string of the molecule is O=C(COc1ccccc1)N1CCC(Oc2cccnn2)C1. The fourth-order valence-electron chi connectivity index (χ4n) is 2.33. The third kappa shape index (κ3) is 3.72. The average Bonchev–Trinajstić information content (AvgIpc) is 3.03. The van der Waals surface area contributed by atoms with Crippen molar-refractivity contribution < 1.29 is 14.3 Å². The van der Waals surface area contributed by atoms with E-state index in [-0.39, 0.29) is 18.6 Å². The molecule has 1 aliphatic rings. The van der Waals surface area contributed by atoms with E-state index in [1.807, 2.05) is 30.3 Å². The van der Waals surface area contributed by atoms with Crippen LogP contribution < -0.4 is 9.47 Å². The number of ether oxygens (including phenoxy) is 2. The van der Waals surface area contributed by atoms with Gasteiger partial charge in [0.05, 0.1) is 6.54 Å². The van der Waals surface area contributed by atoms with Crippen molar-refractivity contribution in [3.05, 3.63) is 48.7 Å². The molecule has 1 aromatic carbocycles. The van der Waals surface area contributed by atoms with Crippen LogP contribution in [0.5, 0.6) is 11.6 Å². The predicted molar refractivity (Wildman–Crippen MR) is 79.6 cm³/mol. The molecule has 0 bridgehead atoms. The molecule has 1 unspecified atom stereocenters. The maximum absolute atomic E-state index is 12.1. The van der Waals surface area contributed by atoms with Gasteiger partial charge >= 0.3 is 0 Å². The summed E-state index contributed by atoms with van der Waals surface area (Å²) in [4.78, 5) is 13.9. The van der Waals surface area contributed by atoms with E-state index in [0.29, 0.717) is 24.7 Å². The molecule has 0 aliphatic carbocycles. The van der Waals surface area contributed by atoms with Crippen molar-refractivity contribution in [2.24, 2.45) is 0 Å². The van der Waals surface area contributed by atoms with Crippen molar-refractivity contribution in [3.8, 4) is 11.6 Å². The van der Waals surface area contributed by atoms with Gasteiger partial charge in [-0.25, -0.2) is 0 Å². The zero-order valence-corrected chi connectivity index (χ0v) is 12.1. The topological polar surface area (TPSA) is 64.5 Å². The van der Waals surface area contributed by atoms with Gasteiger partial charge in [0.15, 0.2) is 6.61 Å². The highest BCUT2D eigenvalue weighted by molar-refractivity contribution is 5.78. The maximum Gasteiger partial charge on any atom is 0.260 e. The summed E-state index contributed by atoms with van der Waals surface area (Å²) >= 11 is 0. The molecule has 1 amide bonds. The fraction of sp³-hybridized carbons (Fsp3) is 0.312. The van der Waals surface area contributed by atoms with Gasteiger partial charge in [-0.15, -0.1) is 5.10 Å². The minimum Gasteiger partial charge on any atom is -0.484 e. The largest absolute Gasteiger partial charge is 0.484 e. The maximum atomic E-state index is 12.1. The zero-order chi connectivity index (χ0) is 15.2. The van der Waals surface area contributed by atoms with Crippen LogP contribution in [0.25, 0.3) is 0 Å². The minimum atomic E-state index is -0.0441. The van der Waals surface area contributed by atoms with Gasteiger partial charge in [0, 0.05) is 25.2 Å². The lowest BCUT2D eigenvalue weighted by molar-refractivity contribution is -0.132. The molecule has 1 fully saturated rings. The Bertz CT molecular complexity index is 607. The highest BCUT2D eigenvalue weighted by Gasteiger charge is 2.28. The van der Waals surface area contributed by atoms with Crippen molar-refractivity contribution in [2.45, 2.75) is 12.5 Å². The van der Waals surface area contributed by atoms with Crippen molar-refractivity contribution in [2.75, 3.05) is 19.7 Å². The molecule has 2 heterocycles. The van der Waals surface area contributed by atoms with E-state index < -0.39 is 0 Å². The summed E-state index contributed by atoms with van der Waals surface area (Å²) in [5.74, 6) is 1.15. The lowest BCUT2D eigenvalue weighted by Gasteiger charge is -2.17. The molecule has 114 valence electrons. The van der Waals surface area contributed by atoms with Crippen LogP contribution in [0.4, 0.5) is 0 Å². The lowest BCUT2D eigenvalue weighted by Crippen LogP contribution is -2.34. The van der Waals surface area contributed by atoms with E-state index in [2.05, 4.69) is 10.2 Å². The quantitative estimate of drug-likeness (QED) is 0.838. The second-order valence-corrected chi connectivity index (χ2v) is 5.03. The first-order valence-corrected chi connectivity index (χ1v) is 7.21. The number of rotatable bonds is 5. The normalized spacial score (nSPS) is 17.3. The van der Waals surface area contributed by atoms with E-state index in [4.69, 9.17) is 9.47 Å². The molecule has 1 aliphatic heterocycles. The van der Waals surface area contributed by atoms with Gasteiger partial charge in [0.25, 0.3) is 5.91 Å². The summed E-state index contributed by atoms with van der Waals surface area (Å²) in [5, 5.41) is 7.66. The standard InChI is InChI=1S/C16H17N3O3/c20-16(12-21-13-5-2-1-3-6-13)19-10-8-14(11-19)22-15-7-4-9-17-18-15/h1-7,9,14H,8,10-12H2. The van der Waals surface area contributed by atoms with Gasteiger partial charge in [-0.2, -0.15) is 5.10 Å². The predicted octanol–water partition coefficient (Wildman–Crippen LogP) is 1.54. The number of benzene rings is 1. The Hall–Kier alpha value is -2.63. The molecule has 0 radical (unpaired) electrons. The molecular weight excluding hydrogens is 282 g/mol. The first-order valence-electron chi connectivity index (χ1n) is 7.21. The number of likely N-dealkylation sites (tertiary alicyclic amines) is 1. The van der Waals surface area contributed by atoms with Gasteiger partial charge < -0.3 is 14.4 Å². The molecule has 1 aromatic heterocycles. The minimum absolute atomic E-state index is 0.0332. The van der Waals surface area contributed by atoms with E-state index >= 15 is 0 Å². The molecule has 22 heavy (non-hydrogen) atoms. The van der Waals surface area contributed by atoms with Crippen molar-refractivity contribution in [1.29, 1.82) is 0 Å². The number of carbonyl (C=O) groups is 1. The van der Waals surface area contributed by atoms with Crippen molar-refractivity contribution in [1.82, 2.24) is 15.1 Å². The number of hydrogen-bond acceptors (Lipinski definition) is 5. The van der Waals surface area contributed by atoms with Crippen molar-refractivity contribution >= 4 is 5.91 Å². The summed E-state index contributed by atoms with van der Waals surface area (Å²) in [5.41, 5.74) is 0. The number of hydrogen-bond donors (Lipinski definition) is 0. The first kappa shape index (κ1) is 14.3. The van der Waals surface area contributed by atoms with E-state index in [1.54, 1.807) is 23.2 Å². The molecule has 3 rings (SSSR count). The molecule has 6 heteroatoms. The molecule has 2 aromatic rings. The molecule has 0 N–H and O–H groups in total. The van der Waals surface area contributed by atoms with Crippen LogP contribution in [0.2, 0.25) is 0 Å². The van der Waals surface area contributed by atoms with Gasteiger partial charge in [-0.1, -0.05) is 18.2 Å². The highest BCUT2D eigenvalue weighted by atomic mass is 16.5. The molecule has 0 saturated carbocycles. The Balaban J connectivity index is 1.46. The molecule has 0 spiro atoms. The third-order valence-electron chi connectivity index (χ3n) is 3.44. The van der Waals surface area contributed by atoms with E-state index in [0.717, 1.165) is 6.42 Å². The van der Waals surface area contributed by atoms with Crippen LogP contribution in [0.15, 0.2) is 48.7 Å². The van der Waals surface area contributed by atoms with E-state index in [9.17, 15) is 4.79 Å². The smallest absolute Gasteiger partial charge is 0.260 e. The number of aromatic nitrogens is 2.